The molecular formula is C17H24N2O3. The van der Waals surface area contributed by atoms with Crippen molar-refractivity contribution in [3.63, 3.8) is 0 Å². The summed E-state index contributed by atoms with van der Waals surface area (Å²) < 4.78 is 11.5. The highest BCUT2D eigenvalue weighted by Gasteiger charge is 2.47. The SMILES string of the molecule is COC[C@H]1CCC[C@@]12CN(C(=O)c1cccc(C)n1)CCO2. The Bertz CT molecular complexity index is 548. The van der Waals surface area contributed by atoms with Crippen molar-refractivity contribution in [3.05, 3.63) is 29.6 Å². The molecule has 1 aliphatic heterocycles. The number of morpholine rings is 1. The van der Waals surface area contributed by atoms with Crippen LogP contribution in [0.5, 0.6) is 0 Å². The lowest BCUT2D eigenvalue weighted by molar-refractivity contribution is -0.131. The summed E-state index contributed by atoms with van der Waals surface area (Å²) in [7, 11) is 1.73. The molecule has 0 radical (unpaired) electrons. The van der Waals surface area contributed by atoms with E-state index >= 15 is 0 Å². The maximum Gasteiger partial charge on any atom is 0.272 e. The van der Waals surface area contributed by atoms with Crippen molar-refractivity contribution in [1.82, 2.24) is 9.88 Å². The van der Waals surface area contributed by atoms with Crippen LogP contribution in [0.1, 0.15) is 35.4 Å². The van der Waals surface area contributed by atoms with Gasteiger partial charge in [-0.25, -0.2) is 4.98 Å². The van der Waals surface area contributed by atoms with Gasteiger partial charge in [0.15, 0.2) is 0 Å². The van der Waals surface area contributed by atoms with Crippen LogP contribution in [0.15, 0.2) is 18.2 Å². The predicted octanol–water partition coefficient (Wildman–Crippen LogP) is 2.05. The average molecular weight is 304 g/mol. The van der Waals surface area contributed by atoms with E-state index in [1.807, 2.05) is 24.0 Å². The molecule has 5 heteroatoms. The van der Waals surface area contributed by atoms with E-state index in [2.05, 4.69) is 4.98 Å². The number of methoxy groups -OCH3 is 1. The summed E-state index contributed by atoms with van der Waals surface area (Å²) in [6.07, 6.45) is 3.25. The minimum Gasteiger partial charge on any atom is -0.384 e. The standard InChI is InChI=1S/C17H24N2O3/c1-13-5-3-7-15(18-13)16(20)19-9-10-22-17(12-19)8-4-6-14(17)11-21-2/h3,5,7,14H,4,6,8-12H2,1-2H3/t14-,17-/m1/s1. The van der Waals surface area contributed by atoms with Crippen LogP contribution in [-0.2, 0) is 9.47 Å². The van der Waals surface area contributed by atoms with Crippen molar-refractivity contribution < 1.29 is 14.3 Å². The first-order valence-corrected chi connectivity index (χ1v) is 8.00. The third-order valence-corrected chi connectivity index (χ3v) is 4.87. The van der Waals surface area contributed by atoms with Gasteiger partial charge >= 0.3 is 0 Å². The molecule has 2 heterocycles. The highest BCUT2D eigenvalue weighted by atomic mass is 16.5. The van der Waals surface area contributed by atoms with Gasteiger partial charge in [0.25, 0.3) is 5.91 Å². The highest BCUT2D eigenvalue weighted by Crippen LogP contribution is 2.41. The van der Waals surface area contributed by atoms with Crippen molar-refractivity contribution in [1.29, 1.82) is 0 Å². The molecule has 2 aliphatic rings. The quantitative estimate of drug-likeness (QED) is 0.857. The summed E-state index contributed by atoms with van der Waals surface area (Å²) in [5.74, 6) is 0.382. The van der Waals surface area contributed by atoms with Gasteiger partial charge in [0.05, 0.1) is 25.4 Å². The van der Waals surface area contributed by atoms with Crippen LogP contribution in [-0.4, -0.2) is 54.8 Å². The van der Waals surface area contributed by atoms with E-state index in [4.69, 9.17) is 9.47 Å². The van der Waals surface area contributed by atoms with Crippen LogP contribution in [0.25, 0.3) is 0 Å². The van der Waals surface area contributed by atoms with E-state index in [9.17, 15) is 4.79 Å². The van der Waals surface area contributed by atoms with Gasteiger partial charge in [-0.3, -0.25) is 4.79 Å². The van der Waals surface area contributed by atoms with Crippen LogP contribution in [0.3, 0.4) is 0 Å². The van der Waals surface area contributed by atoms with E-state index in [0.29, 0.717) is 37.9 Å². The number of carbonyl (C=O) groups is 1. The Morgan fingerprint density at radius 2 is 2.41 bits per heavy atom. The molecule has 2 fully saturated rings. The molecule has 22 heavy (non-hydrogen) atoms. The molecule has 1 aromatic rings. The smallest absolute Gasteiger partial charge is 0.272 e. The Balaban J connectivity index is 1.76. The largest absolute Gasteiger partial charge is 0.384 e. The van der Waals surface area contributed by atoms with Gasteiger partial charge < -0.3 is 14.4 Å². The second-order valence-corrected chi connectivity index (χ2v) is 6.35. The van der Waals surface area contributed by atoms with Crippen molar-refractivity contribution >= 4 is 5.91 Å². The van der Waals surface area contributed by atoms with Crippen LogP contribution >= 0.6 is 0 Å². The molecule has 0 unspecified atom stereocenters. The first kappa shape index (κ1) is 15.4. The molecule has 3 rings (SSSR count). The molecule has 1 spiro atoms. The van der Waals surface area contributed by atoms with E-state index in [0.717, 1.165) is 25.0 Å². The Hall–Kier alpha value is -1.46. The molecule has 1 saturated carbocycles. The fourth-order valence-corrected chi connectivity index (χ4v) is 3.75. The number of hydrogen-bond donors (Lipinski definition) is 0. The lowest BCUT2D eigenvalue weighted by Crippen LogP contribution is -2.56. The third-order valence-electron chi connectivity index (χ3n) is 4.87. The molecule has 1 amide bonds. The zero-order valence-electron chi connectivity index (χ0n) is 13.4. The van der Waals surface area contributed by atoms with Gasteiger partial charge in [0, 0.05) is 25.3 Å². The second kappa shape index (κ2) is 6.34. The predicted molar refractivity (Wildman–Crippen MR) is 82.8 cm³/mol. The average Bonchev–Trinajstić information content (AvgIpc) is 2.89. The summed E-state index contributed by atoms with van der Waals surface area (Å²) in [6, 6.07) is 5.58. The molecule has 1 saturated heterocycles. The molecule has 2 atom stereocenters. The van der Waals surface area contributed by atoms with Crippen molar-refractivity contribution in [2.24, 2.45) is 5.92 Å². The van der Waals surface area contributed by atoms with E-state index in [1.54, 1.807) is 13.2 Å². The topological polar surface area (TPSA) is 51.7 Å². The zero-order valence-corrected chi connectivity index (χ0v) is 13.4. The number of amides is 1. The lowest BCUT2D eigenvalue weighted by Gasteiger charge is -2.43. The maximum absolute atomic E-state index is 12.7. The Kier molecular flexibility index (Phi) is 4.45. The molecule has 0 N–H and O–H groups in total. The highest BCUT2D eigenvalue weighted by molar-refractivity contribution is 5.92. The van der Waals surface area contributed by atoms with Crippen molar-refractivity contribution in [2.45, 2.75) is 31.8 Å². The first-order valence-electron chi connectivity index (χ1n) is 8.00. The van der Waals surface area contributed by atoms with Gasteiger partial charge in [-0.05, 0) is 31.9 Å². The minimum atomic E-state index is -0.228. The molecule has 1 aliphatic carbocycles. The lowest BCUT2D eigenvalue weighted by atomic mass is 9.89. The fraction of sp³-hybridized carbons (Fsp3) is 0.647. The number of pyridine rings is 1. The Morgan fingerprint density at radius 3 is 3.18 bits per heavy atom. The number of nitrogens with zero attached hydrogens (tertiary/aromatic N) is 2. The number of aryl methyl sites for hydroxylation is 1. The van der Waals surface area contributed by atoms with Crippen LogP contribution < -0.4 is 0 Å². The molecule has 0 bridgehead atoms. The summed E-state index contributed by atoms with van der Waals surface area (Å²) in [5.41, 5.74) is 1.17. The molecule has 1 aromatic heterocycles. The normalized spacial score (nSPS) is 28.3. The number of hydrogen-bond acceptors (Lipinski definition) is 4. The summed E-state index contributed by atoms with van der Waals surface area (Å²) in [5, 5.41) is 0. The molecule has 5 nitrogen and oxygen atoms in total. The van der Waals surface area contributed by atoms with Gasteiger partial charge in [-0.2, -0.15) is 0 Å². The molecular weight excluding hydrogens is 280 g/mol. The monoisotopic (exact) mass is 304 g/mol. The minimum absolute atomic E-state index is 0.00874. The zero-order chi connectivity index (χ0) is 15.6. The Morgan fingerprint density at radius 1 is 1.55 bits per heavy atom. The van der Waals surface area contributed by atoms with Gasteiger partial charge in [-0.1, -0.05) is 12.5 Å². The number of ether oxygens (including phenoxy) is 2. The molecule has 120 valence electrons. The third kappa shape index (κ3) is 2.88. The van der Waals surface area contributed by atoms with E-state index in [1.165, 1.54) is 0 Å². The maximum atomic E-state index is 12.7. The van der Waals surface area contributed by atoms with Crippen LogP contribution in [0.4, 0.5) is 0 Å². The van der Waals surface area contributed by atoms with Crippen molar-refractivity contribution in [2.75, 3.05) is 33.4 Å². The van der Waals surface area contributed by atoms with E-state index in [-0.39, 0.29) is 11.5 Å². The number of aromatic nitrogens is 1. The second-order valence-electron chi connectivity index (χ2n) is 6.35. The molecule has 0 aromatic carbocycles. The van der Waals surface area contributed by atoms with Crippen LogP contribution in [0.2, 0.25) is 0 Å². The van der Waals surface area contributed by atoms with Crippen molar-refractivity contribution in [3.8, 4) is 0 Å². The first-order chi connectivity index (χ1) is 10.6. The Labute approximate surface area is 131 Å². The van der Waals surface area contributed by atoms with Gasteiger partial charge in [0.2, 0.25) is 0 Å². The number of rotatable bonds is 3. The number of carbonyl (C=O) groups excluding carboxylic acids is 1. The summed E-state index contributed by atoms with van der Waals surface area (Å²) in [4.78, 5) is 19.0. The van der Waals surface area contributed by atoms with Crippen LogP contribution in [0, 0.1) is 12.8 Å². The summed E-state index contributed by atoms with van der Waals surface area (Å²) in [6.45, 7) is 4.48. The summed E-state index contributed by atoms with van der Waals surface area (Å²) >= 11 is 0. The van der Waals surface area contributed by atoms with Gasteiger partial charge in [0.1, 0.15) is 5.69 Å². The van der Waals surface area contributed by atoms with Gasteiger partial charge in [-0.15, -0.1) is 0 Å². The van der Waals surface area contributed by atoms with E-state index < -0.39 is 0 Å². The fourth-order valence-electron chi connectivity index (χ4n) is 3.75.